The molecule has 0 atom stereocenters. The normalized spacial score (nSPS) is 14.3. The summed E-state index contributed by atoms with van der Waals surface area (Å²) in [6, 6.07) is 0. The highest BCUT2D eigenvalue weighted by molar-refractivity contribution is 5.92. The van der Waals surface area contributed by atoms with Gasteiger partial charge in [0.1, 0.15) is 5.69 Å². The fourth-order valence-corrected chi connectivity index (χ4v) is 3.06. The topological polar surface area (TPSA) is 87.7 Å². The van der Waals surface area contributed by atoms with Gasteiger partial charge in [0.2, 0.25) is 5.91 Å². The molecule has 2 amide bonds. The highest BCUT2D eigenvalue weighted by atomic mass is 16.5. The van der Waals surface area contributed by atoms with Crippen LogP contribution in [0.3, 0.4) is 0 Å². The Labute approximate surface area is 161 Å². The van der Waals surface area contributed by atoms with Crippen LogP contribution in [-0.4, -0.2) is 84.6 Å². The number of likely N-dealkylation sites (tertiary alicyclic amines) is 1. The number of hydrogen-bond donors (Lipinski definition) is 1. The number of aryl methyl sites for hydroxylation is 1. The maximum Gasteiger partial charge on any atom is 0.274 e. The summed E-state index contributed by atoms with van der Waals surface area (Å²) in [4.78, 5) is 37.1. The largest absolute Gasteiger partial charge is 0.385 e. The van der Waals surface area contributed by atoms with E-state index in [2.05, 4.69) is 20.2 Å². The Bertz CT molecular complexity index is 588. The molecule has 0 spiro atoms. The zero-order valence-electron chi connectivity index (χ0n) is 16.4. The van der Waals surface area contributed by atoms with Gasteiger partial charge in [0, 0.05) is 52.5 Å². The molecular formula is C19H31N5O3. The van der Waals surface area contributed by atoms with Crippen LogP contribution in [-0.2, 0) is 9.53 Å². The lowest BCUT2D eigenvalue weighted by molar-refractivity contribution is -0.121. The second-order valence-corrected chi connectivity index (χ2v) is 6.83. The Morgan fingerprint density at radius 2 is 2.00 bits per heavy atom. The van der Waals surface area contributed by atoms with Crippen LogP contribution in [0, 0.1) is 6.92 Å². The summed E-state index contributed by atoms with van der Waals surface area (Å²) in [5, 5.41) is 2.95. The maximum absolute atomic E-state index is 12.7. The molecule has 2 heterocycles. The Kier molecular flexibility index (Phi) is 9.13. The van der Waals surface area contributed by atoms with Gasteiger partial charge >= 0.3 is 0 Å². The Balaban J connectivity index is 1.80. The third-order valence-corrected chi connectivity index (χ3v) is 4.62. The lowest BCUT2D eigenvalue weighted by Crippen LogP contribution is -2.38. The molecule has 2 rings (SSSR count). The van der Waals surface area contributed by atoms with Crippen LogP contribution in [0.1, 0.15) is 41.9 Å². The minimum absolute atomic E-state index is 0.0336. The molecule has 1 aliphatic heterocycles. The van der Waals surface area contributed by atoms with E-state index in [0.717, 1.165) is 25.3 Å². The maximum atomic E-state index is 12.7. The fraction of sp³-hybridized carbons (Fsp3) is 0.684. The lowest BCUT2D eigenvalue weighted by atomic mass is 10.2. The van der Waals surface area contributed by atoms with Crippen LogP contribution in [0.4, 0.5) is 0 Å². The number of hydrogen-bond acceptors (Lipinski definition) is 6. The third-order valence-electron chi connectivity index (χ3n) is 4.62. The van der Waals surface area contributed by atoms with Crippen molar-refractivity contribution in [3.63, 3.8) is 0 Å². The summed E-state index contributed by atoms with van der Waals surface area (Å²) in [5.41, 5.74) is 1.06. The van der Waals surface area contributed by atoms with Gasteiger partial charge in [0.05, 0.1) is 11.9 Å². The first-order valence-corrected chi connectivity index (χ1v) is 9.66. The number of carbonyl (C=O) groups excluding carboxylic acids is 2. The van der Waals surface area contributed by atoms with E-state index < -0.39 is 0 Å². The monoisotopic (exact) mass is 377 g/mol. The van der Waals surface area contributed by atoms with Crippen molar-refractivity contribution in [2.24, 2.45) is 0 Å². The number of nitrogens with one attached hydrogen (secondary N) is 1. The number of methoxy groups -OCH3 is 1. The second kappa shape index (κ2) is 11.6. The molecule has 8 nitrogen and oxygen atoms in total. The number of carbonyl (C=O) groups is 2. The van der Waals surface area contributed by atoms with E-state index >= 15 is 0 Å². The molecular weight excluding hydrogens is 346 g/mol. The van der Waals surface area contributed by atoms with E-state index in [-0.39, 0.29) is 18.2 Å². The van der Waals surface area contributed by atoms with Crippen molar-refractivity contribution in [1.82, 2.24) is 25.1 Å². The summed E-state index contributed by atoms with van der Waals surface area (Å²) in [6.07, 6.45) is 6.53. The molecule has 0 aliphatic carbocycles. The Hall–Kier alpha value is -2.06. The van der Waals surface area contributed by atoms with E-state index in [1.165, 1.54) is 19.0 Å². The third kappa shape index (κ3) is 7.60. The highest BCUT2D eigenvalue weighted by Crippen LogP contribution is 2.06. The van der Waals surface area contributed by atoms with Crippen molar-refractivity contribution in [2.75, 3.05) is 53.0 Å². The Morgan fingerprint density at radius 3 is 2.67 bits per heavy atom. The van der Waals surface area contributed by atoms with Gasteiger partial charge < -0.3 is 19.9 Å². The molecule has 27 heavy (non-hydrogen) atoms. The molecule has 1 aromatic heterocycles. The highest BCUT2D eigenvalue weighted by Gasteiger charge is 2.18. The van der Waals surface area contributed by atoms with Gasteiger partial charge in [-0.25, -0.2) is 4.98 Å². The summed E-state index contributed by atoms with van der Waals surface area (Å²) >= 11 is 0. The van der Waals surface area contributed by atoms with Crippen LogP contribution < -0.4 is 5.32 Å². The van der Waals surface area contributed by atoms with Crippen LogP contribution in [0.15, 0.2) is 12.4 Å². The molecule has 0 unspecified atom stereocenters. The standard InChI is InChI=1S/C19H31N5O3/c1-16-14-22-17(15-21-16)19(26)24(10-5-13-27-2)11-6-18(25)20-7-12-23-8-3-4-9-23/h14-15H,3-13H2,1-2H3,(H,20,25). The molecule has 0 radical (unpaired) electrons. The SMILES string of the molecule is COCCCN(CCC(=O)NCCN1CCCC1)C(=O)c1cnc(C)cn1. The first-order chi connectivity index (χ1) is 13.1. The van der Waals surface area contributed by atoms with Crippen molar-refractivity contribution >= 4 is 11.8 Å². The molecule has 0 aromatic carbocycles. The zero-order chi connectivity index (χ0) is 19.5. The van der Waals surface area contributed by atoms with E-state index in [1.54, 1.807) is 18.2 Å². The van der Waals surface area contributed by atoms with Gasteiger partial charge in [-0.1, -0.05) is 0 Å². The van der Waals surface area contributed by atoms with Gasteiger partial charge in [-0.2, -0.15) is 0 Å². The van der Waals surface area contributed by atoms with E-state index in [1.807, 2.05) is 6.92 Å². The molecule has 1 saturated heterocycles. The van der Waals surface area contributed by atoms with Crippen LogP contribution >= 0.6 is 0 Å². The van der Waals surface area contributed by atoms with Crippen molar-refractivity contribution < 1.29 is 14.3 Å². The molecule has 1 N–H and O–H groups in total. The first kappa shape index (κ1) is 21.2. The van der Waals surface area contributed by atoms with E-state index in [9.17, 15) is 9.59 Å². The summed E-state index contributed by atoms with van der Waals surface area (Å²) in [5.74, 6) is -0.239. The minimum atomic E-state index is -0.205. The van der Waals surface area contributed by atoms with Crippen molar-refractivity contribution in [1.29, 1.82) is 0 Å². The average Bonchev–Trinajstić information content (AvgIpc) is 3.18. The zero-order valence-corrected chi connectivity index (χ0v) is 16.4. The Morgan fingerprint density at radius 1 is 1.22 bits per heavy atom. The van der Waals surface area contributed by atoms with E-state index in [4.69, 9.17) is 4.74 Å². The van der Waals surface area contributed by atoms with Crippen LogP contribution in [0.2, 0.25) is 0 Å². The van der Waals surface area contributed by atoms with Gasteiger partial charge in [-0.3, -0.25) is 14.6 Å². The molecule has 1 aliphatic rings. The quantitative estimate of drug-likeness (QED) is 0.576. The summed E-state index contributed by atoms with van der Waals surface area (Å²) in [6.45, 7) is 7.04. The summed E-state index contributed by atoms with van der Waals surface area (Å²) in [7, 11) is 1.63. The summed E-state index contributed by atoms with van der Waals surface area (Å²) < 4.78 is 5.07. The van der Waals surface area contributed by atoms with Crippen LogP contribution in [0.25, 0.3) is 0 Å². The number of nitrogens with zero attached hydrogens (tertiary/aromatic N) is 4. The smallest absolute Gasteiger partial charge is 0.274 e. The number of amides is 2. The van der Waals surface area contributed by atoms with E-state index in [0.29, 0.717) is 38.4 Å². The minimum Gasteiger partial charge on any atom is -0.385 e. The molecule has 1 fully saturated rings. The molecule has 1 aromatic rings. The van der Waals surface area contributed by atoms with Gasteiger partial charge in [-0.15, -0.1) is 0 Å². The number of ether oxygens (including phenoxy) is 1. The predicted molar refractivity (Wildman–Crippen MR) is 102 cm³/mol. The molecule has 8 heteroatoms. The predicted octanol–water partition coefficient (Wildman–Crippen LogP) is 0.866. The van der Waals surface area contributed by atoms with Gasteiger partial charge in [-0.05, 0) is 39.3 Å². The van der Waals surface area contributed by atoms with Gasteiger partial charge in [0.15, 0.2) is 0 Å². The van der Waals surface area contributed by atoms with Crippen molar-refractivity contribution in [3.05, 3.63) is 23.8 Å². The number of aromatic nitrogens is 2. The first-order valence-electron chi connectivity index (χ1n) is 9.66. The second-order valence-electron chi connectivity index (χ2n) is 6.83. The number of rotatable bonds is 11. The molecule has 0 bridgehead atoms. The van der Waals surface area contributed by atoms with Crippen LogP contribution in [0.5, 0.6) is 0 Å². The van der Waals surface area contributed by atoms with Crippen molar-refractivity contribution in [2.45, 2.75) is 32.6 Å². The van der Waals surface area contributed by atoms with Gasteiger partial charge in [0.25, 0.3) is 5.91 Å². The molecule has 0 saturated carbocycles. The molecule has 150 valence electrons. The lowest BCUT2D eigenvalue weighted by Gasteiger charge is -2.22. The average molecular weight is 377 g/mol. The van der Waals surface area contributed by atoms with Crippen molar-refractivity contribution in [3.8, 4) is 0 Å². The fourth-order valence-electron chi connectivity index (χ4n) is 3.06.